The lowest BCUT2D eigenvalue weighted by Crippen LogP contribution is -2.47. The molecule has 3 nitrogen and oxygen atoms in total. The van der Waals surface area contributed by atoms with Gasteiger partial charge in [0.2, 0.25) is 5.91 Å². The zero-order chi connectivity index (χ0) is 13.9. The van der Waals surface area contributed by atoms with Crippen molar-refractivity contribution >= 4 is 5.91 Å². The van der Waals surface area contributed by atoms with Crippen LogP contribution in [0.2, 0.25) is 0 Å². The highest BCUT2D eigenvalue weighted by Gasteiger charge is 2.31. The van der Waals surface area contributed by atoms with Crippen molar-refractivity contribution in [3.05, 3.63) is 35.4 Å². The second-order valence-electron chi connectivity index (χ2n) is 6.27. The number of benzene rings is 1. The Hall–Kier alpha value is -1.35. The monoisotopic (exact) mass is 272 g/mol. The molecule has 0 aliphatic heterocycles. The van der Waals surface area contributed by atoms with E-state index in [1.54, 1.807) is 0 Å². The standard InChI is InChI=1S/C17H24N2O/c18-11-16(12-5-1-2-6-12)19-17(20)15-9-13-7-3-4-8-14(13)10-15/h3-4,7-8,12,15-16H,1-2,5-6,9-11,18H2,(H,19,20). The highest BCUT2D eigenvalue weighted by atomic mass is 16.1. The first kappa shape index (κ1) is 13.6. The fourth-order valence-corrected chi connectivity index (χ4v) is 3.77. The molecule has 1 saturated carbocycles. The predicted molar refractivity (Wildman–Crippen MR) is 80.3 cm³/mol. The van der Waals surface area contributed by atoms with Crippen LogP contribution in [-0.4, -0.2) is 18.5 Å². The summed E-state index contributed by atoms with van der Waals surface area (Å²) in [7, 11) is 0. The highest BCUT2D eigenvalue weighted by Crippen LogP contribution is 2.29. The van der Waals surface area contributed by atoms with Crippen LogP contribution < -0.4 is 11.1 Å². The molecule has 0 radical (unpaired) electrons. The third-order valence-corrected chi connectivity index (χ3v) is 4.97. The maximum atomic E-state index is 12.5. The second kappa shape index (κ2) is 5.96. The molecule has 3 N–H and O–H groups in total. The van der Waals surface area contributed by atoms with Crippen molar-refractivity contribution in [1.29, 1.82) is 0 Å². The van der Waals surface area contributed by atoms with E-state index in [9.17, 15) is 4.79 Å². The minimum atomic E-state index is 0.0999. The average Bonchev–Trinajstić information content (AvgIpc) is 3.13. The SMILES string of the molecule is NCC(NC(=O)C1Cc2ccccc2C1)C1CCCC1. The summed E-state index contributed by atoms with van der Waals surface area (Å²) < 4.78 is 0. The number of hydrogen-bond acceptors (Lipinski definition) is 2. The Morgan fingerprint density at radius 2 is 1.80 bits per heavy atom. The van der Waals surface area contributed by atoms with Gasteiger partial charge in [0.05, 0.1) is 0 Å². The van der Waals surface area contributed by atoms with Crippen LogP contribution in [0.3, 0.4) is 0 Å². The van der Waals surface area contributed by atoms with E-state index < -0.39 is 0 Å². The molecule has 0 bridgehead atoms. The highest BCUT2D eigenvalue weighted by molar-refractivity contribution is 5.80. The minimum Gasteiger partial charge on any atom is -0.352 e. The van der Waals surface area contributed by atoms with Gasteiger partial charge >= 0.3 is 0 Å². The minimum absolute atomic E-state index is 0.0999. The molecular formula is C17H24N2O. The molecule has 1 fully saturated rings. The van der Waals surface area contributed by atoms with Gasteiger partial charge in [-0.05, 0) is 42.7 Å². The molecule has 0 aromatic heterocycles. The summed E-state index contributed by atoms with van der Waals surface area (Å²) in [6.07, 6.45) is 6.76. The Bertz CT molecular complexity index is 455. The molecule has 1 atom stereocenters. The van der Waals surface area contributed by atoms with Crippen LogP contribution in [0.25, 0.3) is 0 Å². The summed E-state index contributed by atoms with van der Waals surface area (Å²) >= 11 is 0. The number of carbonyl (C=O) groups is 1. The van der Waals surface area contributed by atoms with Gasteiger partial charge in [-0.25, -0.2) is 0 Å². The van der Waals surface area contributed by atoms with Gasteiger partial charge in [0.15, 0.2) is 0 Å². The number of fused-ring (bicyclic) bond motifs is 1. The van der Waals surface area contributed by atoms with Crippen LogP contribution in [-0.2, 0) is 17.6 Å². The summed E-state index contributed by atoms with van der Waals surface area (Å²) in [6.45, 7) is 0.566. The van der Waals surface area contributed by atoms with Crippen molar-refractivity contribution in [2.75, 3.05) is 6.54 Å². The first-order chi connectivity index (χ1) is 9.78. The van der Waals surface area contributed by atoms with Crippen molar-refractivity contribution in [1.82, 2.24) is 5.32 Å². The van der Waals surface area contributed by atoms with Crippen LogP contribution >= 0.6 is 0 Å². The molecule has 1 unspecified atom stereocenters. The fraction of sp³-hybridized carbons (Fsp3) is 0.588. The molecule has 3 heteroatoms. The van der Waals surface area contributed by atoms with E-state index in [2.05, 4.69) is 29.6 Å². The maximum absolute atomic E-state index is 12.5. The molecular weight excluding hydrogens is 248 g/mol. The number of carbonyl (C=O) groups excluding carboxylic acids is 1. The third-order valence-electron chi connectivity index (χ3n) is 4.97. The zero-order valence-electron chi connectivity index (χ0n) is 12.0. The summed E-state index contributed by atoms with van der Waals surface area (Å²) in [5.74, 6) is 0.888. The van der Waals surface area contributed by atoms with Gasteiger partial charge in [-0.15, -0.1) is 0 Å². The van der Waals surface area contributed by atoms with E-state index >= 15 is 0 Å². The van der Waals surface area contributed by atoms with Crippen LogP contribution in [0.4, 0.5) is 0 Å². The lowest BCUT2D eigenvalue weighted by molar-refractivity contribution is -0.125. The molecule has 0 spiro atoms. The van der Waals surface area contributed by atoms with Crippen molar-refractivity contribution < 1.29 is 4.79 Å². The van der Waals surface area contributed by atoms with Gasteiger partial charge in [0, 0.05) is 18.5 Å². The topological polar surface area (TPSA) is 55.1 Å². The maximum Gasteiger partial charge on any atom is 0.224 e. The Labute approximate surface area is 120 Å². The molecule has 2 aliphatic rings. The van der Waals surface area contributed by atoms with Crippen LogP contribution in [0.15, 0.2) is 24.3 Å². The van der Waals surface area contributed by atoms with E-state index in [1.807, 2.05) is 0 Å². The van der Waals surface area contributed by atoms with E-state index in [-0.39, 0.29) is 17.9 Å². The number of nitrogens with one attached hydrogen (secondary N) is 1. The molecule has 0 heterocycles. The molecule has 1 amide bonds. The number of amides is 1. The summed E-state index contributed by atoms with van der Waals surface area (Å²) in [5, 5.41) is 3.22. The summed E-state index contributed by atoms with van der Waals surface area (Å²) in [6, 6.07) is 8.56. The molecule has 2 aliphatic carbocycles. The predicted octanol–water partition coefficient (Wildman–Crippen LogP) is 2.04. The van der Waals surface area contributed by atoms with Crippen molar-refractivity contribution in [3.8, 4) is 0 Å². The van der Waals surface area contributed by atoms with E-state index in [0.717, 1.165) is 12.8 Å². The average molecular weight is 272 g/mol. The Balaban J connectivity index is 1.60. The van der Waals surface area contributed by atoms with Crippen LogP contribution in [0.1, 0.15) is 36.8 Å². The molecule has 0 saturated heterocycles. The molecule has 108 valence electrons. The molecule has 1 aromatic rings. The molecule has 3 rings (SSSR count). The van der Waals surface area contributed by atoms with E-state index in [1.165, 1.54) is 36.8 Å². The first-order valence-corrected chi connectivity index (χ1v) is 7.85. The van der Waals surface area contributed by atoms with Gasteiger partial charge in [0.25, 0.3) is 0 Å². The van der Waals surface area contributed by atoms with Crippen LogP contribution in [0, 0.1) is 11.8 Å². The number of rotatable bonds is 4. The quantitative estimate of drug-likeness (QED) is 0.881. The van der Waals surface area contributed by atoms with Crippen LogP contribution in [0.5, 0.6) is 0 Å². The molecule has 20 heavy (non-hydrogen) atoms. The van der Waals surface area contributed by atoms with Crippen molar-refractivity contribution in [3.63, 3.8) is 0 Å². The van der Waals surface area contributed by atoms with Crippen molar-refractivity contribution in [2.24, 2.45) is 17.6 Å². The third kappa shape index (κ3) is 2.73. The summed E-state index contributed by atoms with van der Waals surface area (Å²) in [4.78, 5) is 12.5. The number of nitrogens with two attached hydrogens (primary N) is 1. The largest absolute Gasteiger partial charge is 0.352 e. The normalized spacial score (nSPS) is 20.9. The zero-order valence-corrected chi connectivity index (χ0v) is 12.0. The van der Waals surface area contributed by atoms with Gasteiger partial charge < -0.3 is 11.1 Å². The van der Waals surface area contributed by atoms with E-state index in [0.29, 0.717) is 12.5 Å². The summed E-state index contributed by atoms with van der Waals surface area (Å²) in [5.41, 5.74) is 8.53. The number of hydrogen-bond donors (Lipinski definition) is 2. The fourth-order valence-electron chi connectivity index (χ4n) is 3.77. The van der Waals surface area contributed by atoms with Gasteiger partial charge in [-0.2, -0.15) is 0 Å². The first-order valence-electron chi connectivity index (χ1n) is 7.85. The Morgan fingerprint density at radius 3 is 2.35 bits per heavy atom. The van der Waals surface area contributed by atoms with Gasteiger partial charge in [-0.3, -0.25) is 4.79 Å². The van der Waals surface area contributed by atoms with Gasteiger partial charge in [0.1, 0.15) is 0 Å². The lowest BCUT2D eigenvalue weighted by Gasteiger charge is -2.24. The lowest BCUT2D eigenvalue weighted by atomic mass is 9.96. The Morgan fingerprint density at radius 1 is 1.20 bits per heavy atom. The van der Waals surface area contributed by atoms with Gasteiger partial charge in [-0.1, -0.05) is 37.1 Å². The molecule has 1 aromatic carbocycles. The second-order valence-corrected chi connectivity index (χ2v) is 6.27. The smallest absolute Gasteiger partial charge is 0.224 e. The van der Waals surface area contributed by atoms with Crippen molar-refractivity contribution in [2.45, 2.75) is 44.6 Å². The Kier molecular flexibility index (Phi) is 4.06. The van der Waals surface area contributed by atoms with E-state index in [4.69, 9.17) is 5.73 Å².